The Kier molecular flexibility index (Phi) is 8.66. The summed E-state index contributed by atoms with van der Waals surface area (Å²) in [5.41, 5.74) is 0.124. The Morgan fingerprint density at radius 1 is 1.10 bits per heavy atom. The maximum Gasteiger partial charge on any atom is 0.410 e. The van der Waals surface area contributed by atoms with Crippen LogP contribution in [0.15, 0.2) is 36.9 Å². The van der Waals surface area contributed by atoms with E-state index >= 15 is 0 Å². The summed E-state index contributed by atoms with van der Waals surface area (Å²) < 4.78 is 16.3. The molecule has 0 saturated carbocycles. The van der Waals surface area contributed by atoms with E-state index in [0.717, 1.165) is 11.3 Å². The lowest BCUT2D eigenvalue weighted by atomic mass is 10.00. The largest absolute Gasteiger partial charge is 0.493 e. The Morgan fingerprint density at radius 2 is 1.87 bits per heavy atom. The third-order valence-corrected chi connectivity index (χ3v) is 7.04. The van der Waals surface area contributed by atoms with Crippen LogP contribution in [-0.2, 0) is 19.1 Å². The first kappa shape index (κ1) is 28.3. The van der Waals surface area contributed by atoms with Crippen LogP contribution in [-0.4, -0.2) is 83.8 Å². The van der Waals surface area contributed by atoms with E-state index in [9.17, 15) is 19.2 Å². The van der Waals surface area contributed by atoms with Gasteiger partial charge in [-0.15, -0.1) is 0 Å². The van der Waals surface area contributed by atoms with Gasteiger partial charge in [0, 0.05) is 24.6 Å². The molecule has 4 atom stereocenters. The van der Waals surface area contributed by atoms with Crippen molar-refractivity contribution in [3.63, 3.8) is 0 Å². The van der Waals surface area contributed by atoms with E-state index in [2.05, 4.69) is 17.2 Å². The quantitative estimate of drug-likeness (QED) is 0.548. The van der Waals surface area contributed by atoms with Gasteiger partial charge >= 0.3 is 12.2 Å². The molecule has 212 valence electrons. The minimum absolute atomic E-state index is 0.0283. The first-order chi connectivity index (χ1) is 18.6. The highest BCUT2D eigenvalue weighted by Gasteiger charge is 2.46. The van der Waals surface area contributed by atoms with Crippen molar-refractivity contribution in [2.45, 2.75) is 76.2 Å². The van der Waals surface area contributed by atoms with Crippen LogP contribution in [0.3, 0.4) is 0 Å². The minimum atomic E-state index is -1.11. The van der Waals surface area contributed by atoms with Gasteiger partial charge in [0.05, 0.1) is 19.2 Å². The molecule has 0 bridgehead atoms. The third kappa shape index (κ3) is 6.82. The number of carbonyl (C=O) groups is 4. The lowest BCUT2D eigenvalue weighted by Crippen LogP contribution is -2.61. The highest BCUT2D eigenvalue weighted by molar-refractivity contribution is 5.93. The highest BCUT2D eigenvalue weighted by Crippen LogP contribution is 2.34. The molecule has 11 nitrogen and oxygen atoms in total. The molecule has 2 N–H and O–H groups in total. The fourth-order valence-electron chi connectivity index (χ4n) is 5.34. The van der Waals surface area contributed by atoms with E-state index in [4.69, 9.17) is 14.2 Å². The Morgan fingerprint density at radius 3 is 2.62 bits per heavy atom. The van der Waals surface area contributed by atoms with Crippen molar-refractivity contribution < 1.29 is 33.4 Å². The predicted octanol–water partition coefficient (Wildman–Crippen LogP) is 2.91. The van der Waals surface area contributed by atoms with Crippen molar-refractivity contribution in [1.82, 2.24) is 20.4 Å². The number of rotatable bonds is 5. The maximum atomic E-state index is 13.9. The van der Waals surface area contributed by atoms with Crippen LogP contribution in [0, 0.1) is 0 Å². The summed E-state index contributed by atoms with van der Waals surface area (Å²) in [4.78, 5) is 55.9. The number of amides is 4. The molecular formula is C28H38N4O7. The highest BCUT2D eigenvalue weighted by atomic mass is 16.6. The van der Waals surface area contributed by atoms with Gasteiger partial charge in [-0.3, -0.25) is 9.59 Å². The number of fused-ring (bicyclic) bond motifs is 2. The van der Waals surface area contributed by atoms with Crippen molar-refractivity contribution in [2.75, 3.05) is 26.3 Å². The molecule has 0 unspecified atom stereocenters. The predicted molar refractivity (Wildman–Crippen MR) is 142 cm³/mol. The lowest BCUT2D eigenvalue weighted by Gasteiger charge is -2.38. The minimum Gasteiger partial charge on any atom is -0.493 e. The Bertz CT molecular complexity index is 1100. The standard InChI is InChI=1S/C28H38N4O7/c1-5-15-38-27(36)31-14-12-18-10-11-22(24(33)29-20-13-16-37-23-9-7-6-8-19(20)23)32(18)25(34)21(17-31)30-26(35)39-28(2,3)4/h5-9,18,20-22H,1,10-17H2,2-4H3,(H,29,33)(H,30,35)/t18-,20-,21+,22+/m1/s1. The van der Waals surface area contributed by atoms with Gasteiger partial charge in [0.1, 0.15) is 30.0 Å². The monoisotopic (exact) mass is 542 g/mol. The second-order valence-electron chi connectivity index (χ2n) is 11.0. The van der Waals surface area contributed by atoms with Crippen LogP contribution in [0.5, 0.6) is 5.75 Å². The first-order valence-corrected chi connectivity index (χ1v) is 13.4. The van der Waals surface area contributed by atoms with Gasteiger partial charge in [-0.2, -0.15) is 0 Å². The summed E-state index contributed by atoms with van der Waals surface area (Å²) in [6.45, 7) is 9.42. The van der Waals surface area contributed by atoms with E-state index in [0.29, 0.717) is 38.8 Å². The van der Waals surface area contributed by atoms with Gasteiger partial charge in [-0.05, 0) is 46.1 Å². The van der Waals surface area contributed by atoms with Gasteiger partial charge in [0.25, 0.3) is 0 Å². The molecule has 3 aliphatic heterocycles. The van der Waals surface area contributed by atoms with Crippen LogP contribution in [0.4, 0.5) is 9.59 Å². The number of carbonyl (C=O) groups excluding carboxylic acids is 4. The van der Waals surface area contributed by atoms with Crippen LogP contribution >= 0.6 is 0 Å². The lowest BCUT2D eigenvalue weighted by molar-refractivity contribution is -0.143. The van der Waals surface area contributed by atoms with Crippen molar-refractivity contribution in [2.24, 2.45) is 0 Å². The number of hydrogen-bond acceptors (Lipinski definition) is 7. The number of nitrogens with zero attached hydrogens (tertiary/aromatic N) is 2. The normalized spacial score (nSPS) is 24.7. The Labute approximate surface area is 228 Å². The first-order valence-electron chi connectivity index (χ1n) is 13.4. The molecule has 0 aromatic heterocycles. The van der Waals surface area contributed by atoms with Gasteiger partial charge < -0.3 is 34.6 Å². The smallest absolute Gasteiger partial charge is 0.410 e. The number of ether oxygens (including phenoxy) is 3. The third-order valence-electron chi connectivity index (χ3n) is 7.04. The molecule has 0 radical (unpaired) electrons. The molecule has 4 amide bonds. The number of para-hydroxylation sites is 1. The van der Waals surface area contributed by atoms with Crippen molar-refractivity contribution in [3.05, 3.63) is 42.5 Å². The number of alkyl carbamates (subject to hydrolysis) is 1. The average molecular weight is 543 g/mol. The summed E-state index contributed by atoms with van der Waals surface area (Å²) >= 11 is 0. The van der Waals surface area contributed by atoms with Crippen LogP contribution in [0.25, 0.3) is 0 Å². The van der Waals surface area contributed by atoms with Crippen LogP contribution in [0.2, 0.25) is 0 Å². The molecule has 3 heterocycles. The van der Waals surface area contributed by atoms with Crippen molar-refractivity contribution in [3.8, 4) is 5.75 Å². The molecule has 3 aliphatic rings. The topological polar surface area (TPSA) is 127 Å². The second-order valence-corrected chi connectivity index (χ2v) is 11.0. The average Bonchev–Trinajstić information content (AvgIpc) is 3.30. The maximum absolute atomic E-state index is 13.9. The fraction of sp³-hybridized carbons (Fsp3) is 0.571. The zero-order valence-corrected chi connectivity index (χ0v) is 22.8. The van der Waals surface area contributed by atoms with E-state index in [1.165, 1.54) is 11.0 Å². The SMILES string of the molecule is C=CCOC(=O)N1CC[C@H]2CC[C@@H](C(=O)N[C@@H]3CCOc4ccccc43)N2C(=O)[C@@H](NC(=O)OC(C)(C)C)C1. The van der Waals surface area contributed by atoms with Gasteiger partial charge in [0.2, 0.25) is 11.8 Å². The molecule has 1 aromatic carbocycles. The summed E-state index contributed by atoms with van der Waals surface area (Å²) in [6.07, 6.45) is 2.27. The fourth-order valence-corrected chi connectivity index (χ4v) is 5.34. The number of nitrogens with one attached hydrogen (secondary N) is 2. The number of hydrogen-bond donors (Lipinski definition) is 2. The summed E-state index contributed by atoms with van der Waals surface area (Å²) in [7, 11) is 0. The molecule has 4 rings (SSSR count). The molecule has 0 aliphatic carbocycles. The number of benzene rings is 1. The van der Waals surface area contributed by atoms with Crippen molar-refractivity contribution in [1.29, 1.82) is 0 Å². The van der Waals surface area contributed by atoms with E-state index in [1.54, 1.807) is 25.7 Å². The van der Waals surface area contributed by atoms with Gasteiger partial charge in [0.15, 0.2) is 0 Å². The Hall–Kier alpha value is -3.76. The molecule has 2 fully saturated rings. The summed E-state index contributed by atoms with van der Waals surface area (Å²) in [5.74, 6) is 0.0641. The Balaban J connectivity index is 1.54. The zero-order chi connectivity index (χ0) is 28.2. The van der Waals surface area contributed by atoms with Gasteiger partial charge in [-0.25, -0.2) is 9.59 Å². The van der Waals surface area contributed by atoms with E-state index in [-0.39, 0.29) is 31.1 Å². The molecule has 39 heavy (non-hydrogen) atoms. The summed E-state index contributed by atoms with van der Waals surface area (Å²) in [6, 6.07) is 5.29. The molecular weight excluding hydrogens is 504 g/mol. The molecule has 0 spiro atoms. The molecule has 1 aromatic rings. The van der Waals surface area contributed by atoms with Crippen LogP contribution < -0.4 is 15.4 Å². The van der Waals surface area contributed by atoms with Gasteiger partial charge in [-0.1, -0.05) is 30.9 Å². The summed E-state index contributed by atoms with van der Waals surface area (Å²) in [5, 5.41) is 5.75. The second kappa shape index (κ2) is 12.0. The van der Waals surface area contributed by atoms with E-state index in [1.807, 2.05) is 24.3 Å². The molecule has 2 saturated heterocycles. The van der Waals surface area contributed by atoms with E-state index < -0.39 is 35.8 Å². The zero-order valence-electron chi connectivity index (χ0n) is 22.8. The van der Waals surface area contributed by atoms with Crippen LogP contribution in [0.1, 0.15) is 58.1 Å². The molecule has 11 heteroatoms. The van der Waals surface area contributed by atoms with Crippen molar-refractivity contribution >= 4 is 24.0 Å².